The molecule has 3 aromatic rings. The molecule has 3 nitrogen and oxygen atoms in total. The number of nitrogens with zero attached hydrogens (tertiary/aromatic N) is 2. The molecule has 0 amide bonds. The maximum Gasteiger partial charge on any atom is 0.262 e. The molecule has 0 aliphatic rings. The first-order chi connectivity index (χ1) is 10.1. The monoisotopic (exact) mass is 296 g/mol. The molecule has 0 atom stereocenters. The molecule has 0 saturated heterocycles. The van der Waals surface area contributed by atoms with E-state index in [1.54, 1.807) is 15.9 Å². The van der Waals surface area contributed by atoms with Gasteiger partial charge in [0.15, 0.2) is 0 Å². The van der Waals surface area contributed by atoms with Crippen molar-refractivity contribution in [3.05, 3.63) is 64.7 Å². The van der Waals surface area contributed by atoms with E-state index < -0.39 is 0 Å². The Balaban J connectivity index is 2.21. The van der Waals surface area contributed by atoms with Crippen LogP contribution in [0.4, 0.5) is 0 Å². The SMILES string of the molecule is C=C(C)Cn1c(C)nc2sc(-c3ccccc3)cc2c1=O. The number of fused-ring (bicyclic) bond motifs is 1. The molecule has 3 rings (SSSR count). The van der Waals surface area contributed by atoms with E-state index in [1.165, 1.54) is 0 Å². The largest absolute Gasteiger partial charge is 0.292 e. The lowest BCUT2D eigenvalue weighted by atomic mass is 10.2. The minimum Gasteiger partial charge on any atom is -0.292 e. The highest BCUT2D eigenvalue weighted by molar-refractivity contribution is 7.21. The first-order valence-electron chi connectivity index (χ1n) is 6.77. The van der Waals surface area contributed by atoms with Gasteiger partial charge in [-0.1, -0.05) is 42.5 Å². The predicted octanol–water partition coefficient (Wildman–Crippen LogP) is 4.01. The second kappa shape index (κ2) is 5.30. The van der Waals surface area contributed by atoms with Crippen LogP contribution in [0.25, 0.3) is 20.7 Å². The molecule has 2 heterocycles. The van der Waals surface area contributed by atoms with Crippen molar-refractivity contribution in [1.29, 1.82) is 0 Å². The molecule has 0 saturated carbocycles. The molecule has 2 aromatic heterocycles. The van der Waals surface area contributed by atoms with E-state index in [2.05, 4.69) is 11.6 Å². The van der Waals surface area contributed by atoms with Gasteiger partial charge in [0.2, 0.25) is 0 Å². The van der Waals surface area contributed by atoms with Gasteiger partial charge in [0.1, 0.15) is 10.7 Å². The number of aromatic nitrogens is 2. The van der Waals surface area contributed by atoms with Gasteiger partial charge in [-0.05, 0) is 25.5 Å². The zero-order chi connectivity index (χ0) is 15.0. The molecule has 0 aliphatic heterocycles. The van der Waals surface area contributed by atoms with Crippen molar-refractivity contribution in [2.24, 2.45) is 0 Å². The molecule has 0 aliphatic carbocycles. The Bertz CT molecular complexity index is 875. The Labute approximate surface area is 127 Å². The van der Waals surface area contributed by atoms with Crippen molar-refractivity contribution < 1.29 is 0 Å². The standard InChI is InChI=1S/C17H16N2OS/c1-11(2)10-19-12(3)18-16-14(17(19)20)9-15(21-16)13-7-5-4-6-8-13/h4-9H,1,10H2,2-3H3. The highest BCUT2D eigenvalue weighted by atomic mass is 32.1. The molecule has 0 fully saturated rings. The highest BCUT2D eigenvalue weighted by Crippen LogP contribution is 2.30. The Hall–Kier alpha value is -2.20. The van der Waals surface area contributed by atoms with Crippen molar-refractivity contribution in [1.82, 2.24) is 9.55 Å². The number of thiophene rings is 1. The fourth-order valence-electron chi connectivity index (χ4n) is 2.32. The van der Waals surface area contributed by atoms with Crippen LogP contribution in [-0.4, -0.2) is 9.55 Å². The summed E-state index contributed by atoms with van der Waals surface area (Å²) in [6.45, 7) is 8.18. The lowest BCUT2D eigenvalue weighted by Crippen LogP contribution is -2.23. The van der Waals surface area contributed by atoms with Gasteiger partial charge in [-0.25, -0.2) is 4.98 Å². The van der Waals surface area contributed by atoms with Gasteiger partial charge in [0, 0.05) is 11.4 Å². The number of hydrogen-bond acceptors (Lipinski definition) is 3. The second-order valence-corrected chi connectivity index (χ2v) is 6.23. The van der Waals surface area contributed by atoms with Crippen LogP contribution in [0.3, 0.4) is 0 Å². The third kappa shape index (κ3) is 2.54. The molecule has 0 bridgehead atoms. The lowest BCUT2D eigenvalue weighted by Gasteiger charge is -2.08. The average Bonchev–Trinajstić information content (AvgIpc) is 2.88. The summed E-state index contributed by atoms with van der Waals surface area (Å²) in [4.78, 5) is 19.1. The summed E-state index contributed by atoms with van der Waals surface area (Å²) in [6, 6.07) is 12.0. The van der Waals surface area contributed by atoms with Crippen LogP contribution in [0.15, 0.2) is 53.3 Å². The predicted molar refractivity (Wildman–Crippen MR) is 88.9 cm³/mol. The molecule has 4 heteroatoms. The number of hydrogen-bond donors (Lipinski definition) is 0. The second-order valence-electron chi connectivity index (χ2n) is 5.20. The summed E-state index contributed by atoms with van der Waals surface area (Å²) in [7, 11) is 0. The van der Waals surface area contributed by atoms with Crippen LogP contribution in [0.1, 0.15) is 12.7 Å². The third-order valence-corrected chi connectivity index (χ3v) is 4.41. The van der Waals surface area contributed by atoms with Gasteiger partial charge < -0.3 is 0 Å². The fourth-order valence-corrected chi connectivity index (χ4v) is 3.39. The van der Waals surface area contributed by atoms with Gasteiger partial charge in [-0.3, -0.25) is 9.36 Å². The van der Waals surface area contributed by atoms with E-state index in [0.29, 0.717) is 11.9 Å². The number of rotatable bonds is 3. The minimum absolute atomic E-state index is 0.0129. The van der Waals surface area contributed by atoms with Crippen LogP contribution >= 0.6 is 11.3 Å². The Morgan fingerprint density at radius 3 is 2.71 bits per heavy atom. The van der Waals surface area contributed by atoms with E-state index in [1.807, 2.05) is 50.2 Å². The maximum absolute atomic E-state index is 12.6. The Morgan fingerprint density at radius 2 is 2.05 bits per heavy atom. The molecule has 0 spiro atoms. The molecular formula is C17H16N2OS. The van der Waals surface area contributed by atoms with Gasteiger partial charge in [-0.2, -0.15) is 0 Å². The molecule has 106 valence electrons. The highest BCUT2D eigenvalue weighted by Gasteiger charge is 2.12. The van der Waals surface area contributed by atoms with Gasteiger partial charge in [0.05, 0.1) is 5.39 Å². The van der Waals surface area contributed by atoms with Crippen molar-refractivity contribution in [3.8, 4) is 10.4 Å². The Morgan fingerprint density at radius 1 is 1.33 bits per heavy atom. The zero-order valence-electron chi connectivity index (χ0n) is 12.1. The summed E-state index contributed by atoms with van der Waals surface area (Å²) >= 11 is 1.56. The van der Waals surface area contributed by atoms with Crippen molar-refractivity contribution in [2.75, 3.05) is 0 Å². The van der Waals surface area contributed by atoms with Crippen molar-refractivity contribution >= 4 is 21.6 Å². The average molecular weight is 296 g/mol. The lowest BCUT2D eigenvalue weighted by molar-refractivity contribution is 0.705. The van der Waals surface area contributed by atoms with Gasteiger partial charge in [0.25, 0.3) is 5.56 Å². The number of aryl methyl sites for hydroxylation is 1. The molecule has 1 aromatic carbocycles. The normalized spacial score (nSPS) is 11.0. The summed E-state index contributed by atoms with van der Waals surface area (Å²) in [6.07, 6.45) is 0. The van der Waals surface area contributed by atoms with Crippen molar-refractivity contribution in [2.45, 2.75) is 20.4 Å². The van der Waals surface area contributed by atoms with E-state index in [4.69, 9.17) is 0 Å². The molecule has 0 radical (unpaired) electrons. The molecule has 0 N–H and O–H groups in total. The first-order valence-corrected chi connectivity index (χ1v) is 7.58. The minimum atomic E-state index is 0.0129. The van der Waals surface area contributed by atoms with Crippen LogP contribution in [0.5, 0.6) is 0 Å². The number of allylic oxidation sites excluding steroid dienone is 1. The summed E-state index contributed by atoms with van der Waals surface area (Å²) < 4.78 is 1.69. The smallest absolute Gasteiger partial charge is 0.262 e. The summed E-state index contributed by atoms with van der Waals surface area (Å²) in [5.74, 6) is 0.733. The van der Waals surface area contributed by atoms with E-state index >= 15 is 0 Å². The quantitative estimate of drug-likeness (QED) is 0.684. The van der Waals surface area contributed by atoms with Crippen molar-refractivity contribution in [3.63, 3.8) is 0 Å². The molecule has 0 unspecified atom stereocenters. The van der Waals surface area contributed by atoms with E-state index in [-0.39, 0.29) is 5.56 Å². The van der Waals surface area contributed by atoms with Crippen LogP contribution in [0.2, 0.25) is 0 Å². The maximum atomic E-state index is 12.6. The zero-order valence-corrected chi connectivity index (χ0v) is 12.9. The Kier molecular flexibility index (Phi) is 3.47. The first kappa shape index (κ1) is 13.8. The number of benzene rings is 1. The van der Waals surface area contributed by atoms with E-state index in [0.717, 1.165) is 26.7 Å². The van der Waals surface area contributed by atoms with Gasteiger partial charge >= 0.3 is 0 Å². The van der Waals surface area contributed by atoms with Crippen LogP contribution < -0.4 is 5.56 Å². The fraction of sp³-hybridized carbons (Fsp3) is 0.176. The molecular weight excluding hydrogens is 280 g/mol. The van der Waals surface area contributed by atoms with Crippen LogP contribution in [0, 0.1) is 6.92 Å². The summed E-state index contributed by atoms with van der Waals surface area (Å²) in [5, 5.41) is 0.686. The van der Waals surface area contributed by atoms with Gasteiger partial charge in [-0.15, -0.1) is 11.3 Å². The third-order valence-electron chi connectivity index (χ3n) is 3.33. The van der Waals surface area contributed by atoms with E-state index in [9.17, 15) is 4.79 Å². The summed E-state index contributed by atoms with van der Waals surface area (Å²) in [5.41, 5.74) is 2.07. The topological polar surface area (TPSA) is 34.9 Å². The molecule has 21 heavy (non-hydrogen) atoms. The van der Waals surface area contributed by atoms with Crippen LogP contribution in [-0.2, 0) is 6.54 Å².